The molecule has 0 spiro atoms. The minimum Gasteiger partial charge on any atom is -0.484 e. The molecule has 0 N–H and O–H groups in total. The highest BCUT2D eigenvalue weighted by Gasteiger charge is 2.17. The first kappa shape index (κ1) is 18.3. The lowest BCUT2D eigenvalue weighted by molar-refractivity contribution is 0.0832. The molecule has 0 aliphatic carbocycles. The Hall–Kier alpha value is -3.05. The van der Waals surface area contributed by atoms with Crippen molar-refractivity contribution in [3.05, 3.63) is 90.0 Å². The highest BCUT2D eigenvalue weighted by atomic mass is 32.2. The molecule has 4 rings (SSSR count). The molecule has 0 unspecified atom stereocenters. The van der Waals surface area contributed by atoms with Crippen molar-refractivity contribution in [3.63, 3.8) is 0 Å². The van der Waals surface area contributed by atoms with Crippen LogP contribution in [0.15, 0.2) is 84.0 Å². The maximum absolute atomic E-state index is 13.0. The van der Waals surface area contributed by atoms with Gasteiger partial charge in [-0.1, -0.05) is 71.9 Å². The Morgan fingerprint density at radius 2 is 1.68 bits per heavy atom. The lowest BCUT2D eigenvalue weighted by Crippen LogP contribution is -2.20. The second-order valence-corrected chi connectivity index (χ2v) is 7.43. The first-order valence-electron chi connectivity index (χ1n) is 9.07. The maximum Gasteiger partial charge on any atom is 0.271 e. The number of hydrogen-bond acceptors (Lipinski definition) is 4. The Kier molecular flexibility index (Phi) is 5.44. The summed E-state index contributed by atoms with van der Waals surface area (Å²) in [5.41, 5.74) is 3.95. The fourth-order valence-electron chi connectivity index (χ4n) is 2.91. The van der Waals surface area contributed by atoms with Gasteiger partial charge in [0.1, 0.15) is 5.75 Å². The van der Waals surface area contributed by atoms with E-state index in [1.54, 1.807) is 16.3 Å². The van der Waals surface area contributed by atoms with E-state index in [-0.39, 0.29) is 12.5 Å². The van der Waals surface area contributed by atoms with Crippen molar-refractivity contribution in [2.45, 2.75) is 17.8 Å². The fraction of sp³-hybridized carbons (Fsp3) is 0.130. The van der Waals surface area contributed by atoms with E-state index in [1.165, 1.54) is 5.56 Å². The Balaban J connectivity index is 1.57. The molecule has 3 aromatic carbocycles. The Morgan fingerprint density at radius 3 is 2.46 bits per heavy atom. The summed E-state index contributed by atoms with van der Waals surface area (Å²) in [7, 11) is 0. The summed E-state index contributed by atoms with van der Waals surface area (Å²) in [4.78, 5) is 17.6. The summed E-state index contributed by atoms with van der Waals surface area (Å²) >= 11 is 1.55. The van der Waals surface area contributed by atoms with E-state index in [4.69, 9.17) is 4.74 Å². The van der Waals surface area contributed by atoms with Gasteiger partial charge in [-0.25, -0.2) is 4.98 Å². The van der Waals surface area contributed by atoms with Gasteiger partial charge in [0.2, 0.25) is 0 Å². The number of ether oxygens (including phenoxy) is 1. The Morgan fingerprint density at radius 1 is 0.964 bits per heavy atom. The van der Waals surface area contributed by atoms with Crippen LogP contribution in [-0.4, -0.2) is 22.1 Å². The van der Waals surface area contributed by atoms with Crippen LogP contribution in [0.5, 0.6) is 5.75 Å². The molecule has 0 saturated heterocycles. The fourth-order valence-corrected chi connectivity index (χ4v) is 3.89. The monoisotopic (exact) mass is 388 g/mol. The summed E-state index contributed by atoms with van der Waals surface area (Å²) in [6, 6.07) is 25.5. The van der Waals surface area contributed by atoms with Gasteiger partial charge in [0, 0.05) is 5.75 Å². The number of imidazole rings is 1. The molecule has 5 heteroatoms. The molecule has 28 heavy (non-hydrogen) atoms. The third-order valence-corrected chi connectivity index (χ3v) is 5.38. The smallest absolute Gasteiger partial charge is 0.271 e. The highest BCUT2D eigenvalue weighted by Crippen LogP contribution is 2.27. The predicted octanol–water partition coefficient (Wildman–Crippen LogP) is 5.36. The van der Waals surface area contributed by atoms with E-state index < -0.39 is 0 Å². The molecule has 0 aliphatic rings. The quantitative estimate of drug-likeness (QED) is 0.417. The van der Waals surface area contributed by atoms with Crippen LogP contribution < -0.4 is 4.74 Å². The van der Waals surface area contributed by atoms with Crippen LogP contribution in [-0.2, 0) is 5.75 Å². The number of hydrogen-bond donors (Lipinski definition) is 0. The van der Waals surface area contributed by atoms with Crippen LogP contribution in [0.2, 0.25) is 0 Å². The number of fused-ring (bicyclic) bond motifs is 1. The molecule has 1 aromatic heterocycles. The molecule has 0 saturated carbocycles. The van der Waals surface area contributed by atoms with Crippen molar-refractivity contribution in [2.75, 3.05) is 6.61 Å². The van der Waals surface area contributed by atoms with Gasteiger partial charge in [-0.3, -0.25) is 9.36 Å². The molecule has 0 radical (unpaired) electrons. The average molecular weight is 388 g/mol. The third kappa shape index (κ3) is 4.10. The van der Waals surface area contributed by atoms with E-state index in [1.807, 2.05) is 73.7 Å². The lowest BCUT2D eigenvalue weighted by Gasteiger charge is -2.09. The van der Waals surface area contributed by atoms with Crippen molar-refractivity contribution < 1.29 is 9.53 Å². The van der Waals surface area contributed by atoms with Gasteiger partial charge in [0.05, 0.1) is 11.0 Å². The van der Waals surface area contributed by atoms with Gasteiger partial charge in [0.15, 0.2) is 11.8 Å². The van der Waals surface area contributed by atoms with Gasteiger partial charge >= 0.3 is 0 Å². The number of nitrogens with zero attached hydrogens (tertiary/aromatic N) is 2. The van der Waals surface area contributed by atoms with Crippen molar-refractivity contribution >= 4 is 28.7 Å². The van der Waals surface area contributed by atoms with Crippen molar-refractivity contribution in [1.82, 2.24) is 9.55 Å². The normalized spacial score (nSPS) is 10.9. The van der Waals surface area contributed by atoms with Gasteiger partial charge in [-0.2, -0.15) is 0 Å². The number of aromatic nitrogens is 2. The molecule has 0 bridgehead atoms. The van der Waals surface area contributed by atoms with E-state index in [0.29, 0.717) is 10.9 Å². The van der Waals surface area contributed by atoms with Crippen molar-refractivity contribution in [1.29, 1.82) is 0 Å². The number of para-hydroxylation sites is 2. The maximum atomic E-state index is 13.0. The van der Waals surface area contributed by atoms with Gasteiger partial charge in [-0.05, 0) is 36.8 Å². The SMILES string of the molecule is Cc1ccc(OCC(=O)n2c(SCc3ccccc3)nc3ccccc32)cc1. The standard InChI is InChI=1S/C23H20N2O2S/c1-17-11-13-19(14-12-17)27-15-22(26)25-21-10-6-5-9-20(21)24-23(25)28-16-18-7-3-2-4-8-18/h2-14H,15-16H2,1H3. The van der Waals surface area contributed by atoms with E-state index >= 15 is 0 Å². The van der Waals surface area contributed by atoms with Gasteiger partial charge in [0.25, 0.3) is 5.91 Å². The van der Waals surface area contributed by atoms with Crippen LogP contribution in [0.3, 0.4) is 0 Å². The van der Waals surface area contributed by atoms with E-state index in [9.17, 15) is 4.79 Å². The van der Waals surface area contributed by atoms with E-state index in [0.717, 1.165) is 22.3 Å². The number of carbonyl (C=O) groups excluding carboxylic acids is 1. The van der Waals surface area contributed by atoms with Crippen LogP contribution in [0.25, 0.3) is 11.0 Å². The zero-order chi connectivity index (χ0) is 19.3. The summed E-state index contributed by atoms with van der Waals surface area (Å²) in [5, 5.41) is 0.683. The molecule has 140 valence electrons. The molecule has 0 fully saturated rings. The van der Waals surface area contributed by atoms with Gasteiger partial charge < -0.3 is 4.74 Å². The van der Waals surface area contributed by atoms with Gasteiger partial charge in [-0.15, -0.1) is 0 Å². The summed E-state index contributed by atoms with van der Waals surface area (Å²) in [5.74, 6) is 1.29. The summed E-state index contributed by atoms with van der Waals surface area (Å²) in [6.45, 7) is 1.98. The third-order valence-electron chi connectivity index (χ3n) is 4.37. The van der Waals surface area contributed by atoms with Crippen molar-refractivity contribution in [2.24, 2.45) is 0 Å². The topological polar surface area (TPSA) is 44.1 Å². The zero-order valence-electron chi connectivity index (χ0n) is 15.5. The second-order valence-electron chi connectivity index (χ2n) is 6.49. The van der Waals surface area contributed by atoms with Crippen LogP contribution in [0.1, 0.15) is 15.9 Å². The number of rotatable bonds is 6. The largest absolute Gasteiger partial charge is 0.484 e. The number of aryl methyl sites for hydroxylation is 1. The van der Waals surface area contributed by atoms with Crippen LogP contribution in [0.4, 0.5) is 0 Å². The first-order valence-corrected chi connectivity index (χ1v) is 10.1. The molecule has 0 aliphatic heterocycles. The van der Waals surface area contributed by atoms with Crippen LogP contribution in [0, 0.1) is 6.92 Å². The Bertz CT molecular complexity index is 1090. The Labute approximate surface area is 168 Å². The number of benzene rings is 3. The number of thioether (sulfide) groups is 1. The predicted molar refractivity (Wildman–Crippen MR) is 113 cm³/mol. The minimum atomic E-state index is -0.134. The first-order chi connectivity index (χ1) is 13.7. The average Bonchev–Trinajstić information content (AvgIpc) is 3.11. The summed E-state index contributed by atoms with van der Waals surface area (Å²) in [6.07, 6.45) is 0. The van der Waals surface area contributed by atoms with Crippen LogP contribution >= 0.6 is 11.8 Å². The summed E-state index contributed by atoms with van der Waals surface area (Å²) < 4.78 is 7.37. The molecular formula is C23H20N2O2S. The molecule has 0 amide bonds. The highest BCUT2D eigenvalue weighted by molar-refractivity contribution is 7.98. The zero-order valence-corrected chi connectivity index (χ0v) is 16.4. The molecule has 4 nitrogen and oxygen atoms in total. The molecule has 1 heterocycles. The lowest BCUT2D eigenvalue weighted by atomic mass is 10.2. The molecule has 0 atom stereocenters. The molecular weight excluding hydrogens is 368 g/mol. The second kappa shape index (κ2) is 8.31. The minimum absolute atomic E-state index is 0.0394. The molecule has 4 aromatic rings. The van der Waals surface area contributed by atoms with Crippen molar-refractivity contribution in [3.8, 4) is 5.75 Å². The van der Waals surface area contributed by atoms with E-state index in [2.05, 4.69) is 17.1 Å². The number of carbonyl (C=O) groups is 1.